The summed E-state index contributed by atoms with van der Waals surface area (Å²) in [5, 5.41) is 7.22. The zero-order chi connectivity index (χ0) is 14.3. The predicted octanol–water partition coefficient (Wildman–Crippen LogP) is 2.68. The molecule has 0 aromatic carbocycles. The minimum Gasteiger partial charge on any atom is -0.465 e. The second kappa shape index (κ2) is 3.84. The van der Waals surface area contributed by atoms with Gasteiger partial charge in [-0.3, -0.25) is 5.32 Å². The maximum atomic E-state index is 12.3. The van der Waals surface area contributed by atoms with Gasteiger partial charge in [0.25, 0.3) is 0 Å². The molecule has 0 heterocycles. The van der Waals surface area contributed by atoms with Crippen LogP contribution in [0.25, 0.3) is 0 Å². The summed E-state index contributed by atoms with van der Waals surface area (Å²) in [6.45, 7) is 0. The summed E-state index contributed by atoms with van der Waals surface area (Å²) in [4.78, 5) is 9.59. The number of hydrogen-bond donors (Lipinski definition) is 2. The van der Waals surface area contributed by atoms with Crippen LogP contribution in [0.3, 0.4) is 0 Å². The van der Waals surface area contributed by atoms with Crippen molar-refractivity contribution in [1.82, 2.24) is 5.32 Å². The van der Waals surface area contributed by atoms with E-state index in [1.165, 1.54) is 0 Å². The Labute approximate surface area is 86.2 Å². The van der Waals surface area contributed by atoms with E-state index in [1.54, 1.807) is 0 Å². The van der Waals surface area contributed by atoms with E-state index in [0.29, 0.717) is 0 Å². The van der Waals surface area contributed by atoms with Crippen molar-refractivity contribution in [3.63, 3.8) is 0 Å². The Morgan fingerprint density at radius 2 is 1.18 bits per heavy atom. The molecule has 0 aromatic rings. The molecule has 17 heavy (non-hydrogen) atoms. The lowest BCUT2D eigenvalue weighted by molar-refractivity contribution is -0.399. The maximum absolute atomic E-state index is 12.3. The molecule has 12 heteroatoms. The third kappa shape index (κ3) is 2.49. The topological polar surface area (TPSA) is 49.3 Å². The Bertz CT molecular complexity index is 309. The van der Waals surface area contributed by atoms with Gasteiger partial charge in [-0.25, -0.2) is 4.79 Å². The standard InChI is InChI=1S/C5H2F9NO2/c6-2(7,4(10,11)12)3(8,9)5(13,14)15-1(16)17/h15H,(H,16,17). The molecular weight excluding hydrogens is 277 g/mol. The van der Waals surface area contributed by atoms with Gasteiger partial charge < -0.3 is 5.11 Å². The molecule has 0 aliphatic carbocycles. The largest absolute Gasteiger partial charge is 0.465 e. The van der Waals surface area contributed by atoms with Crippen molar-refractivity contribution in [2.75, 3.05) is 0 Å². The lowest BCUT2D eigenvalue weighted by Crippen LogP contribution is -2.66. The number of nitrogens with one attached hydrogen (secondary N) is 1. The molecule has 0 aliphatic rings. The van der Waals surface area contributed by atoms with E-state index in [-0.39, 0.29) is 0 Å². The zero-order valence-corrected chi connectivity index (χ0v) is 7.26. The van der Waals surface area contributed by atoms with Crippen LogP contribution < -0.4 is 5.32 Å². The Balaban J connectivity index is 5.47. The zero-order valence-electron chi connectivity index (χ0n) is 7.26. The lowest BCUT2D eigenvalue weighted by Gasteiger charge is -2.32. The molecule has 0 aliphatic heterocycles. The first-order chi connectivity index (χ1) is 7.17. The highest BCUT2D eigenvalue weighted by Crippen LogP contribution is 2.52. The first kappa shape index (κ1) is 15.6. The average molecular weight is 279 g/mol. The molecule has 0 radical (unpaired) electrons. The molecule has 102 valence electrons. The van der Waals surface area contributed by atoms with Crippen molar-refractivity contribution >= 4 is 6.09 Å². The molecule has 0 saturated heterocycles. The van der Waals surface area contributed by atoms with Gasteiger partial charge in [0, 0.05) is 0 Å². The van der Waals surface area contributed by atoms with Gasteiger partial charge in [0.1, 0.15) is 0 Å². The van der Waals surface area contributed by atoms with Crippen LogP contribution in [0, 0.1) is 0 Å². The number of amides is 1. The quantitative estimate of drug-likeness (QED) is 0.616. The van der Waals surface area contributed by atoms with Crippen LogP contribution in [0.2, 0.25) is 0 Å². The van der Waals surface area contributed by atoms with Crippen LogP contribution in [0.4, 0.5) is 44.3 Å². The van der Waals surface area contributed by atoms with Gasteiger partial charge in [-0.1, -0.05) is 0 Å². The van der Waals surface area contributed by atoms with E-state index in [0.717, 1.165) is 0 Å². The Morgan fingerprint density at radius 3 is 1.41 bits per heavy atom. The Hall–Kier alpha value is -1.36. The lowest BCUT2D eigenvalue weighted by atomic mass is 10.1. The summed E-state index contributed by atoms with van der Waals surface area (Å²) in [5.74, 6) is -14.1. The van der Waals surface area contributed by atoms with Crippen LogP contribution in [0.1, 0.15) is 0 Å². The van der Waals surface area contributed by atoms with Crippen LogP contribution in [-0.2, 0) is 0 Å². The number of hydrogen-bond acceptors (Lipinski definition) is 1. The highest BCUT2D eigenvalue weighted by Gasteiger charge is 2.82. The van der Waals surface area contributed by atoms with Crippen molar-refractivity contribution in [3.8, 4) is 0 Å². The molecule has 0 spiro atoms. The van der Waals surface area contributed by atoms with Crippen LogP contribution in [-0.4, -0.2) is 35.3 Å². The van der Waals surface area contributed by atoms with E-state index >= 15 is 0 Å². The fourth-order valence-corrected chi connectivity index (χ4v) is 0.588. The number of halogens is 9. The van der Waals surface area contributed by atoms with Crippen LogP contribution in [0.5, 0.6) is 0 Å². The molecule has 1 amide bonds. The summed E-state index contributed by atoms with van der Waals surface area (Å²) in [7, 11) is 0. The summed E-state index contributed by atoms with van der Waals surface area (Å²) < 4.78 is 108. The number of carbonyl (C=O) groups is 1. The normalized spacial score (nSPS) is 14.6. The Morgan fingerprint density at radius 1 is 0.824 bits per heavy atom. The first-order valence-corrected chi connectivity index (χ1v) is 3.38. The summed E-state index contributed by atoms with van der Waals surface area (Å²) in [5.41, 5.74) is 0. The van der Waals surface area contributed by atoms with Crippen molar-refractivity contribution < 1.29 is 49.4 Å². The molecule has 0 bridgehead atoms. The molecular formula is C5H2F9NO2. The summed E-state index contributed by atoms with van der Waals surface area (Å²) >= 11 is 0. The van der Waals surface area contributed by atoms with E-state index in [2.05, 4.69) is 0 Å². The molecule has 0 aromatic heterocycles. The maximum Gasteiger partial charge on any atom is 0.460 e. The minimum absolute atomic E-state index is 0.409. The van der Waals surface area contributed by atoms with Crippen molar-refractivity contribution in [2.24, 2.45) is 0 Å². The molecule has 0 fully saturated rings. The molecule has 2 N–H and O–H groups in total. The van der Waals surface area contributed by atoms with Gasteiger partial charge in [0.15, 0.2) is 0 Å². The summed E-state index contributed by atoms with van der Waals surface area (Å²) in [6, 6.07) is -6.29. The van der Waals surface area contributed by atoms with E-state index in [1.807, 2.05) is 0 Å². The van der Waals surface area contributed by atoms with E-state index in [9.17, 15) is 44.3 Å². The van der Waals surface area contributed by atoms with Crippen LogP contribution >= 0.6 is 0 Å². The van der Waals surface area contributed by atoms with Gasteiger partial charge >= 0.3 is 30.2 Å². The number of alkyl halides is 9. The van der Waals surface area contributed by atoms with Crippen molar-refractivity contribution in [1.29, 1.82) is 0 Å². The first-order valence-electron chi connectivity index (χ1n) is 3.38. The van der Waals surface area contributed by atoms with Gasteiger partial charge in [-0.05, 0) is 0 Å². The Kier molecular flexibility index (Phi) is 3.53. The second-order valence-electron chi connectivity index (χ2n) is 2.65. The van der Waals surface area contributed by atoms with Crippen molar-refractivity contribution in [2.45, 2.75) is 24.1 Å². The third-order valence-corrected chi connectivity index (χ3v) is 1.41. The van der Waals surface area contributed by atoms with Gasteiger partial charge in [-0.2, -0.15) is 39.5 Å². The number of carboxylic acid groups (broad SMARTS) is 1. The average Bonchev–Trinajstić information content (AvgIpc) is 1.98. The van der Waals surface area contributed by atoms with E-state index < -0.39 is 35.5 Å². The SMILES string of the molecule is O=C(O)NC(F)(F)C(F)(F)C(F)(F)C(F)(F)F. The van der Waals surface area contributed by atoms with Gasteiger partial charge in [0.2, 0.25) is 0 Å². The van der Waals surface area contributed by atoms with Gasteiger partial charge in [0.05, 0.1) is 0 Å². The fourth-order valence-electron chi connectivity index (χ4n) is 0.588. The molecule has 0 saturated carbocycles. The van der Waals surface area contributed by atoms with Crippen molar-refractivity contribution in [3.05, 3.63) is 0 Å². The molecule has 0 rings (SSSR count). The van der Waals surface area contributed by atoms with Gasteiger partial charge in [-0.15, -0.1) is 0 Å². The molecule has 0 atom stereocenters. The summed E-state index contributed by atoms with van der Waals surface area (Å²) in [6.07, 6.45) is -9.87. The molecule has 3 nitrogen and oxygen atoms in total. The highest BCUT2D eigenvalue weighted by atomic mass is 19.4. The second-order valence-corrected chi connectivity index (χ2v) is 2.65. The monoisotopic (exact) mass is 279 g/mol. The number of rotatable bonds is 3. The third-order valence-electron chi connectivity index (χ3n) is 1.41. The smallest absolute Gasteiger partial charge is 0.460 e. The minimum atomic E-state index is -7.11. The van der Waals surface area contributed by atoms with E-state index in [4.69, 9.17) is 5.11 Å². The highest BCUT2D eigenvalue weighted by molar-refractivity contribution is 5.65. The fraction of sp³-hybridized carbons (Fsp3) is 0.800. The predicted molar refractivity (Wildman–Crippen MR) is 32.1 cm³/mol. The molecule has 0 unspecified atom stereocenters. The van der Waals surface area contributed by atoms with Crippen LogP contribution in [0.15, 0.2) is 0 Å².